The zero-order valence-corrected chi connectivity index (χ0v) is 19.4. The van der Waals surface area contributed by atoms with E-state index in [0.29, 0.717) is 24.6 Å². The van der Waals surface area contributed by atoms with Gasteiger partial charge in [-0.1, -0.05) is 26.0 Å². The maximum absolute atomic E-state index is 6.00. The van der Waals surface area contributed by atoms with E-state index in [0.717, 1.165) is 31.3 Å². The lowest BCUT2D eigenvalue weighted by molar-refractivity contribution is -0.106. The van der Waals surface area contributed by atoms with E-state index < -0.39 is 0 Å². The summed E-state index contributed by atoms with van der Waals surface area (Å²) in [4.78, 5) is 4.76. The number of ether oxygens (including phenoxy) is 2. The van der Waals surface area contributed by atoms with Gasteiger partial charge < -0.3 is 20.1 Å². The van der Waals surface area contributed by atoms with Crippen molar-refractivity contribution >= 4 is 29.9 Å². The maximum Gasteiger partial charge on any atom is 0.191 e. The van der Waals surface area contributed by atoms with Gasteiger partial charge in [-0.25, -0.2) is 4.99 Å². The molecule has 1 aromatic rings. The molecule has 6 heteroatoms. The lowest BCUT2D eigenvalue weighted by Crippen LogP contribution is -2.68. The summed E-state index contributed by atoms with van der Waals surface area (Å²) in [7, 11) is 0. The summed E-state index contributed by atoms with van der Waals surface area (Å²) >= 11 is 0. The van der Waals surface area contributed by atoms with Gasteiger partial charge in [-0.15, -0.1) is 24.0 Å². The number of nitrogens with zero attached hydrogens (tertiary/aromatic N) is 1. The highest BCUT2D eigenvalue weighted by Crippen LogP contribution is 2.52. The molecule has 1 saturated heterocycles. The Morgan fingerprint density at radius 3 is 2.89 bits per heavy atom. The molecule has 2 aliphatic rings. The molecule has 2 N–H and O–H groups in total. The molecule has 2 fully saturated rings. The minimum atomic E-state index is 0. The first-order valence-electron chi connectivity index (χ1n) is 9.81. The summed E-state index contributed by atoms with van der Waals surface area (Å²) in [6, 6.07) is 8.55. The van der Waals surface area contributed by atoms with E-state index in [2.05, 4.69) is 57.4 Å². The molecule has 4 unspecified atom stereocenters. The van der Waals surface area contributed by atoms with Gasteiger partial charge in [0, 0.05) is 30.5 Å². The van der Waals surface area contributed by atoms with Crippen molar-refractivity contribution in [2.24, 2.45) is 16.3 Å². The van der Waals surface area contributed by atoms with Crippen molar-refractivity contribution in [3.63, 3.8) is 0 Å². The zero-order chi connectivity index (χ0) is 18.7. The molecule has 0 bridgehead atoms. The molecule has 1 aliphatic heterocycles. The molecule has 0 amide bonds. The lowest BCUT2D eigenvalue weighted by atomic mass is 9.57. The standard InChI is InChI=1S/C21H33N3O2.HI/c1-6-22-20(24-18-17-10-11-25-19(17)21(18,4)5)23-13-15(3)26-16-9-7-8-14(2)12-16;/h7-9,12,15,17-19H,6,10-11,13H2,1-5H3,(H2,22,23,24);1H. The van der Waals surface area contributed by atoms with E-state index >= 15 is 0 Å². The van der Waals surface area contributed by atoms with Crippen LogP contribution in [0.4, 0.5) is 0 Å². The molecular weight excluding hydrogens is 453 g/mol. The first kappa shape index (κ1) is 22.3. The number of fused-ring (bicyclic) bond motifs is 1. The van der Waals surface area contributed by atoms with Gasteiger partial charge in [0.2, 0.25) is 0 Å². The number of aliphatic imine (C=N–C) groups is 1. The highest BCUT2D eigenvalue weighted by Gasteiger charge is 2.59. The predicted octanol–water partition coefficient (Wildman–Crippen LogP) is 3.75. The second-order valence-corrected chi connectivity index (χ2v) is 8.15. The fourth-order valence-corrected chi connectivity index (χ4v) is 4.26. The molecule has 0 aromatic heterocycles. The van der Waals surface area contributed by atoms with Crippen LogP contribution >= 0.6 is 24.0 Å². The van der Waals surface area contributed by atoms with Crippen molar-refractivity contribution in [1.82, 2.24) is 10.6 Å². The third-order valence-corrected chi connectivity index (χ3v) is 5.57. The fourth-order valence-electron chi connectivity index (χ4n) is 4.26. The van der Waals surface area contributed by atoms with Crippen LogP contribution in [0.25, 0.3) is 0 Å². The largest absolute Gasteiger partial charge is 0.489 e. The molecule has 0 spiro atoms. The van der Waals surface area contributed by atoms with Gasteiger partial charge in [-0.2, -0.15) is 0 Å². The van der Waals surface area contributed by atoms with Gasteiger partial charge in [0.05, 0.1) is 12.6 Å². The van der Waals surface area contributed by atoms with Crippen molar-refractivity contribution in [3.8, 4) is 5.75 Å². The summed E-state index contributed by atoms with van der Waals surface area (Å²) in [5, 5.41) is 7.02. The van der Waals surface area contributed by atoms with Crippen molar-refractivity contribution < 1.29 is 9.47 Å². The number of aryl methyl sites for hydroxylation is 1. The Morgan fingerprint density at radius 2 is 2.19 bits per heavy atom. The van der Waals surface area contributed by atoms with Gasteiger partial charge >= 0.3 is 0 Å². The van der Waals surface area contributed by atoms with Gasteiger partial charge in [0.25, 0.3) is 0 Å². The number of rotatable bonds is 6. The van der Waals surface area contributed by atoms with E-state index in [4.69, 9.17) is 14.5 Å². The summed E-state index contributed by atoms with van der Waals surface area (Å²) < 4.78 is 11.9. The quantitative estimate of drug-likeness (QED) is 0.365. The van der Waals surface area contributed by atoms with Gasteiger partial charge in [0.1, 0.15) is 11.9 Å². The smallest absolute Gasteiger partial charge is 0.191 e. The van der Waals surface area contributed by atoms with Crippen molar-refractivity contribution in [2.75, 3.05) is 19.7 Å². The van der Waals surface area contributed by atoms with Crippen LogP contribution < -0.4 is 15.4 Å². The van der Waals surface area contributed by atoms with Crippen LogP contribution in [0.15, 0.2) is 29.3 Å². The average molecular weight is 487 g/mol. The van der Waals surface area contributed by atoms with E-state index in [1.807, 2.05) is 12.1 Å². The van der Waals surface area contributed by atoms with Gasteiger partial charge in [-0.05, 0) is 44.9 Å². The molecular formula is C21H34IN3O2. The lowest BCUT2D eigenvalue weighted by Gasteiger charge is -2.54. The first-order valence-corrected chi connectivity index (χ1v) is 9.81. The third kappa shape index (κ3) is 5.08. The van der Waals surface area contributed by atoms with Crippen molar-refractivity contribution in [3.05, 3.63) is 29.8 Å². The minimum absolute atomic E-state index is 0. The van der Waals surface area contributed by atoms with Crippen LogP contribution in [0, 0.1) is 18.3 Å². The van der Waals surface area contributed by atoms with E-state index in [-0.39, 0.29) is 35.5 Å². The maximum atomic E-state index is 6.00. The molecule has 5 nitrogen and oxygen atoms in total. The Labute approximate surface area is 180 Å². The Morgan fingerprint density at radius 1 is 1.41 bits per heavy atom. The van der Waals surface area contributed by atoms with Crippen molar-refractivity contribution in [2.45, 2.75) is 59.3 Å². The molecule has 1 heterocycles. The molecule has 3 rings (SSSR count). The average Bonchev–Trinajstić information content (AvgIpc) is 3.04. The Bertz CT molecular complexity index is 650. The number of benzene rings is 1. The highest BCUT2D eigenvalue weighted by molar-refractivity contribution is 14.0. The minimum Gasteiger partial charge on any atom is -0.489 e. The number of halogens is 1. The Kier molecular flexibility index (Phi) is 7.80. The second kappa shape index (κ2) is 9.45. The summed E-state index contributed by atoms with van der Waals surface area (Å²) in [6.07, 6.45) is 1.54. The Hall–Kier alpha value is -1.02. The highest BCUT2D eigenvalue weighted by atomic mass is 127. The van der Waals surface area contributed by atoms with Crippen molar-refractivity contribution in [1.29, 1.82) is 0 Å². The Balaban J connectivity index is 0.00000261. The van der Waals surface area contributed by atoms with Crippen LogP contribution in [-0.4, -0.2) is 43.9 Å². The SMILES string of the molecule is CCNC(=NCC(C)Oc1cccc(C)c1)NC1C2CCOC2C1(C)C.I. The molecule has 0 radical (unpaired) electrons. The van der Waals surface area contributed by atoms with Gasteiger partial charge in [0.15, 0.2) is 5.96 Å². The van der Waals surface area contributed by atoms with Crippen LogP contribution in [0.5, 0.6) is 5.75 Å². The molecule has 4 atom stereocenters. The first-order chi connectivity index (χ1) is 12.4. The molecule has 1 saturated carbocycles. The molecule has 1 aromatic carbocycles. The number of guanidine groups is 1. The normalized spacial score (nSPS) is 27.0. The monoisotopic (exact) mass is 487 g/mol. The summed E-state index contributed by atoms with van der Waals surface area (Å²) in [5.74, 6) is 2.36. The molecule has 27 heavy (non-hydrogen) atoms. The summed E-state index contributed by atoms with van der Waals surface area (Å²) in [6.45, 7) is 13.1. The second-order valence-electron chi connectivity index (χ2n) is 8.15. The van der Waals surface area contributed by atoms with E-state index in [1.54, 1.807) is 0 Å². The predicted molar refractivity (Wildman–Crippen MR) is 121 cm³/mol. The van der Waals surface area contributed by atoms with E-state index in [9.17, 15) is 0 Å². The van der Waals surface area contributed by atoms with E-state index in [1.165, 1.54) is 5.56 Å². The van der Waals surface area contributed by atoms with Crippen LogP contribution in [0.2, 0.25) is 0 Å². The fraction of sp³-hybridized carbons (Fsp3) is 0.667. The number of nitrogens with one attached hydrogen (secondary N) is 2. The number of hydrogen-bond acceptors (Lipinski definition) is 3. The number of hydrogen-bond donors (Lipinski definition) is 2. The molecule has 152 valence electrons. The zero-order valence-electron chi connectivity index (χ0n) is 17.1. The third-order valence-electron chi connectivity index (χ3n) is 5.57. The van der Waals surface area contributed by atoms with Crippen LogP contribution in [-0.2, 0) is 4.74 Å². The van der Waals surface area contributed by atoms with Crippen LogP contribution in [0.3, 0.4) is 0 Å². The molecule has 1 aliphatic carbocycles. The topological polar surface area (TPSA) is 54.9 Å². The van der Waals surface area contributed by atoms with Crippen LogP contribution in [0.1, 0.15) is 39.7 Å². The summed E-state index contributed by atoms with van der Waals surface area (Å²) in [5.41, 5.74) is 1.34. The van der Waals surface area contributed by atoms with Gasteiger partial charge in [-0.3, -0.25) is 0 Å².